The largest absolute Gasteiger partial charge is 0.465 e. The number of carbonyl (C=O) groups is 2. The molecule has 1 fully saturated rings. The molecule has 0 N–H and O–H groups in total. The van der Waals surface area contributed by atoms with Gasteiger partial charge in [0, 0.05) is 31.6 Å². The van der Waals surface area contributed by atoms with Gasteiger partial charge >= 0.3 is 5.97 Å². The third-order valence-corrected chi connectivity index (χ3v) is 6.16. The molecule has 34 heavy (non-hydrogen) atoms. The third-order valence-electron chi connectivity index (χ3n) is 6.16. The lowest BCUT2D eigenvalue weighted by molar-refractivity contribution is -0.134. The van der Waals surface area contributed by atoms with Crippen LogP contribution >= 0.6 is 0 Å². The summed E-state index contributed by atoms with van der Waals surface area (Å²) in [6, 6.07) is 14.7. The van der Waals surface area contributed by atoms with Crippen LogP contribution < -0.4 is 4.90 Å². The number of anilines is 1. The van der Waals surface area contributed by atoms with Gasteiger partial charge in [-0.1, -0.05) is 26.0 Å². The second-order valence-electron chi connectivity index (χ2n) is 8.78. The maximum atomic E-state index is 12.5. The lowest BCUT2D eigenvalue weighted by Gasteiger charge is -2.27. The Hall–Kier alpha value is -3.99. The molecule has 1 aromatic heterocycles. The lowest BCUT2D eigenvalue weighted by Crippen LogP contribution is -2.41. The number of esters is 1. The van der Waals surface area contributed by atoms with Crippen molar-refractivity contribution in [1.82, 2.24) is 14.9 Å². The number of rotatable bonds is 5. The third kappa shape index (κ3) is 4.42. The SMILES string of the molecule is COC(=O)c1cc(C#N)cc(-c2nc3ccccc3nc2N2CC[C@H](N(C)C(=O)C(C)C)C2)c1. The molecule has 0 radical (unpaired) electrons. The number of nitrogens with zero attached hydrogens (tertiary/aromatic N) is 5. The molecule has 0 saturated carbocycles. The first-order chi connectivity index (χ1) is 16.3. The number of methoxy groups -OCH3 is 1. The van der Waals surface area contributed by atoms with Crippen molar-refractivity contribution in [2.24, 2.45) is 5.92 Å². The van der Waals surface area contributed by atoms with Gasteiger partial charge in [0.15, 0.2) is 5.82 Å². The molecule has 0 bridgehead atoms. The molecule has 174 valence electrons. The Labute approximate surface area is 198 Å². The van der Waals surface area contributed by atoms with Crippen LogP contribution in [0.1, 0.15) is 36.2 Å². The van der Waals surface area contributed by atoms with E-state index in [0.717, 1.165) is 11.9 Å². The van der Waals surface area contributed by atoms with Gasteiger partial charge in [-0.2, -0.15) is 5.26 Å². The fraction of sp³-hybridized carbons (Fsp3) is 0.346. The molecule has 2 heterocycles. The number of hydrogen-bond donors (Lipinski definition) is 0. The zero-order chi connectivity index (χ0) is 24.4. The predicted octanol–water partition coefficient (Wildman–Crippen LogP) is 3.65. The van der Waals surface area contributed by atoms with Crippen molar-refractivity contribution < 1.29 is 14.3 Å². The summed E-state index contributed by atoms with van der Waals surface area (Å²) in [6.45, 7) is 5.14. The van der Waals surface area contributed by atoms with E-state index in [2.05, 4.69) is 11.0 Å². The summed E-state index contributed by atoms with van der Waals surface area (Å²) >= 11 is 0. The second-order valence-corrected chi connectivity index (χ2v) is 8.78. The number of fused-ring (bicyclic) bond motifs is 1. The van der Waals surface area contributed by atoms with Crippen molar-refractivity contribution in [3.63, 3.8) is 0 Å². The van der Waals surface area contributed by atoms with E-state index in [9.17, 15) is 14.9 Å². The van der Waals surface area contributed by atoms with Crippen LogP contribution in [-0.4, -0.2) is 60.0 Å². The van der Waals surface area contributed by atoms with Gasteiger partial charge in [0.05, 0.1) is 41.4 Å². The molecule has 2 aromatic carbocycles. The van der Waals surface area contributed by atoms with Gasteiger partial charge in [0.25, 0.3) is 0 Å². The standard InChI is InChI=1S/C26H27N5O3/c1-16(2)25(32)30(3)20-9-10-31(15-20)24-23(28-21-7-5-6-8-22(21)29-24)18-11-17(14-27)12-19(13-18)26(33)34-4/h5-8,11-13,16,20H,9-10,15H2,1-4H3/t20-/m0/s1. The van der Waals surface area contributed by atoms with E-state index in [1.54, 1.807) is 12.1 Å². The molecule has 1 aliphatic rings. The van der Waals surface area contributed by atoms with E-state index in [0.29, 0.717) is 41.2 Å². The zero-order valence-electron chi connectivity index (χ0n) is 19.8. The molecule has 4 rings (SSSR count). The molecular weight excluding hydrogens is 430 g/mol. The Balaban J connectivity index is 1.81. The smallest absolute Gasteiger partial charge is 0.337 e. The van der Waals surface area contributed by atoms with Crippen molar-refractivity contribution in [1.29, 1.82) is 5.26 Å². The quantitative estimate of drug-likeness (QED) is 0.539. The first-order valence-corrected chi connectivity index (χ1v) is 11.2. The zero-order valence-corrected chi connectivity index (χ0v) is 19.8. The Bertz CT molecular complexity index is 1300. The number of para-hydroxylation sites is 2. The van der Waals surface area contributed by atoms with E-state index >= 15 is 0 Å². The van der Waals surface area contributed by atoms with Crippen molar-refractivity contribution in [2.75, 3.05) is 32.1 Å². The highest BCUT2D eigenvalue weighted by Gasteiger charge is 2.32. The molecule has 0 unspecified atom stereocenters. The summed E-state index contributed by atoms with van der Waals surface area (Å²) in [5, 5.41) is 9.55. The fourth-order valence-corrected chi connectivity index (χ4v) is 4.31. The minimum atomic E-state index is -0.524. The van der Waals surface area contributed by atoms with Gasteiger partial charge in [-0.3, -0.25) is 4.79 Å². The summed E-state index contributed by atoms with van der Waals surface area (Å²) in [4.78, 5) is 38.5. The molecule has 0 aliphatic carbocycles. The number of benzene rings is 2. The average molecular weight is 458 g/mol. The van der Waals surface area contributed by atoms with E-state index in [1.807, 2.05) is 50.1 Å². The second kappa shape index (κ2) is 9.48. The number of carbonyl (C=O) groups excluding carboxylic acids is 2. The first-order valence-electron chi connectivity index (χ1n) is 11.2. The maximum Gasteiger partial charge on any atom is 0.337 e. The molecular formula is C26H27N5O3. The minimum absolute atomic E-state index is 0.0621. The van der Waals surface area contributed by atoms with E-state index in [4.69, 9.17) is 14.7 Å². The molecule has 8 heteroatoms. The number of hydrogen-bond acceptors (Lipinski definition) is 7. The fourth-order valence-electron chi connectivity index (χ4n) is 4.31. The van der Waals surface area contributed by atoms with Crippen LogP contribution in [0.4, 0.5) is 5.82 Å². The van der Waals surface area contributed by atoms with E-state index < -0.39 is 5.97 Å². The molecule has 1 amide bonds. The minimum Gasteiger partial charge on any atom is -0.465 e. The Kier molecular flexibility index (Phi) is 6.46. The van der Waals surface area contributed by atoms with Crippen molar-refractivity contribution in [3.8, 4) is 17.3 Å². The van der Waals surface area contributed by atoms with Crippen LogP contribution in [0.2, 0.25) is 0 Å². The van der Waals surface area contributed by atoms with E-state index in [1.165, 1.54) is 13.2 Å². The normalized spacial score (nSPS) is 15.4. The van der Waals surface area contributed by atoms with Gasteiger partial charge in [-0.25, -0.2) is 14.8 Å². The van der Waals surface area contributed by atoms with Crippen LogP contribution in [0.15, 0.2) is 42.5 Å². The van der Waals surface area contributed by atoms with Gasteiger partial charge in [-0.05, 0) is 36.8 Å². The number of nitriles is 1. The first kappa shape index (κ1) is 23.2. The molecule has 1 saturated heterocycles. The highest BCUT2D eigenvalue weighted by Crippen LogP contribution is 2.33. The van der Waals surface area contributed by atoms with Crippen LogP contribution in [0.25, 0.3) is 22.3 Å². The van der Waals surface area contributed by atoms with Gasteiger partial charge in [0.2, 0.25) is 5.91 Å². The van der Waals surface area contributed by atoms with E-state index in [-0.39, 0.29) is 23.4 Å². The summed E-state index contributed by atoms with van der Waals surface area (Å²) in [7, 11) is 3.16. The van der Waals surface area contributed by atoms with Gasteiger partial charge in [0.1, 0.15) is 5.69 Å². The van der Waals surface area contributed by atoms with Crippen LogP contribution in [0.3, 0.4) is 0 Å². The lowest BCUT2D eigenvalue weighted by atomic mass is 10.0. The highest BCUT2D eigenvalue weighted by molar-refractivity contribution is 5.93. The van der Waals surface area contributed by atoms with Gasteiger partial charge in [-0.15, -0.1) is 0 Å². The summed E-state index contributed by atoms with van der Waals surface area (Å²) < 4.78 is 4.88. The molecule has 0 spiro atoms. The maximum absolute atomic E-state index is 12.5. The summed E-state index contributed by atoms with van der Waals surface area (Å²) in [5.74, 6) is 0.183. The summed E-state index contributed by atoms with van der Waals surface area (Å²) in [6.07, 6.45) is 0.814. The average Bonchev–Trinajstić information content (AvgIpc) is 3.36. The number of aromatic nitrogens is 2. The van der Waals surface area contributed by atoms with Gasteiger partial charge < -0.3 is 14.5 Å². The highest BCUT2D eigenvalue weighted by atomic mass is 16.5. The Morgan fingerprint density at radius 2 is 1.88 bits per heavy atom. The van der Waals surface area contributed by atoms with Crippen molar-refractivity contribution in [3.05, 3.63) is 53.6 Å². The molecule has 1 aliphatic heterocycles. The van der Waals surface area contributed by atoms with Crippen LogP contribution in [0.5, 0.6) is 0 Å². The van der Waals surface area contributed by atoms with Crippen molar-refractivity contribution in [2.45, 2.75) is 26.3 Å². The summed E-state index contributed by atoms with van der Waals surface area (Å²) in [5.41, 5.74) is 3.27. The Morgan fingerprint density at radius 1 is 1.18 bits per heavy atom. The Morgan fingerprint density at radius 3 is 2.53 bits per heavy atom. The van der Waals surface area contributed by atoms with Crippen LogP contribution in [0, 0.1) is 17.2 Å². The monoisotopic (exact) mass is 457 g/mol. The van der Waals surface area contributed by atoms with Crippen molar-refractivity contribution >= 4 is 28.7 Å². The molecule has 8 nitrogen and oxygen atoms in total. The molecule has 1 atom stereocenters. The topological polar surface area (TPSA) is 99.4 Å². The number of likely N-dealkylation sites (N-methyl/N-ethyl adjacent to an activating group) is 1. The number of amides is 1. The number of ether oxygens (including phenoxy) is 1. The predicted molar refractivity (Wildman–Crippen MR) is 129 cm³/mol. The molecule has 3 aromatic rings. The van der Waals surface area contributed by atoms with Crippen LogP contribution in [-0.2, 0) is 9.53 Å².